The van der Waals surface area contributed by atoms with E-state index in [0.717, 1.165) is 0 Å². The molecule has 0 aromatic heterocycles. The Morgan fingerprint density at radius 3 is 1.50 bits per heavy atom. The van der Waals surface area contributed by atoms with Crippen LogP contribution < -0.4 is 26.5 Å². The Kier molecular flexibility index (Phi) is 8.85. The molecule has 1 aliphatic rings. The van der Waals surface area contributed by atoms with E-state index in [0.29, 0.717) is 11.6 Å². The first kappa shape index (κ1) is 27.1. The summed E-state index contributed by atoms with van der Waals surface area (Å²) < 4.78 is 6.56. The normalized spacial score (nSPS) is 17.8. The van der Waals surface area contributed by atoms with Crippen LogP contribution in [0.15, 0.2) is 146 Å². The van der Waals surface area contributed by atoms with Gasteiger partial charge in [0.05, 0.1) is 6.10 Å². The van der Waals surface area contributed by atoms with E-state index in [-0.39, 0.29) is 6.10 Å². The molecule has 0 bridgehead atoms. The van der Waals surface area contributed by atoms with Gasteiger partial charge in [0.15, 0.2) is 0 Å². The zero-order valence-corrected chi connectivity index (χ0v) is 24.8. The van der Waals surface area contributed by atoms with Crippen LogP contribution in [0, 0.1) is 5.92 Å². The van der Waals surface area contributed by atoms with Gasteiger partial charge in [-0.3, -0.25) is 0 Å². The second-order valence-corrected chi connectivity index (χ2v) is 15.0. The van der Waals surface area contributed by atoms with E-state index in [1.807, 2.05) is 7.11 Å². The molecule has 1 fully saturated rings. The lowest BCUT2D eigenvalue weighted by Crippen LogP contribution is -2.32. The summed E-state index contributed by atoms with van der Waals surface area (Å²) in [4.78, 5) is 0. The summed E-state index contributed by atoms with van der Waals surface area (Å²) in [7, 11) is 0.710. The van der Waals surface area contributed by atoms with Gasteiger partial charge in [-0.1, -0.05) is 152 Å². The summed E-state index contributed by atoms with van der Waals surface area (Å²) in [5.74, 6) is 0.459. The molecule has 0 aliphatic heterocycles. The van der Waals surface area contributed by atoms with Crippen LogP contribution in [0.2, 0.25) is 0 Å². The van der Waals surface area contributed by atoms with E-state index >= 15 is 0 Å². The van der Waals surface area contributed by atoms with Crippen LogP contribution >= 0.6 is 15.8 Å². The van der Waals surface area contributed by atoms with Crippen LogP contribution in [0.5, 0.6) is 0 Å². The zero-order valence-electron chi connectivity index (χ0n) is 23.0. The quantitative estimate of drug-likeness (QED) is 0.171. The van der Waals surface area contributed by atoms with Crippen molar-refractivity contribution in [1.82, 2.24) is 0 Å². The maximum absolute atomic E-state index is 6.56. The first-order chi connectivity index (χ1) is 19.8. The first-order valence-electron chi connectivity index (χ1n) is 14.3. The molecule has 3 heteroatoms. The molecule has 6 rings (SSSR count). The van der Waals surface area contributed by atoms with Gasteiger partial charge in [0, 0.05) is 7.11 Å². The summed E-state index contributed by atoms with van der Waals surface area (Å²) in [5.41, 5.74) is 1.93. The Morgan fingerprint density at radius 2 is 1.00 bits per heavy atom. The van der Waals surface area contributed by atoms with Gasteiger partial charge in [-0.25, -0.2) is 0 Å². The van der Waals surface area contributed by atoms with Crippen molar-refractivity contribution >= 4 is 42.4 Å². The molecule has 1 aliphatic carbocycles. The fourth-order valence-corrected chi connectivity index (χ4v) is 12.1. The van der Waals surface area contributed by atoms with Gasteiger partial charge in [0.25, 0.3) is 0 Å². The van der Waals surface area contributed by atoms with Crippen molar-refractivity contribution in [1.29, 1.82) is 0 Å². The predicted molar refractivity (Wildman–Crippen MR) is 175 cm³/mol. The van der Waals surface area contributed by atoms with Crippen LogP contribution in [0.3, 0.4) is 0 Å². The lowest BCUT2D eigenvalue weighted by molar-refractivity contribution is 0.0559. The summed E-state index contributed by atoms with van der Waals surface area (Å²) in [6.45, 7) is 0. The van der Waals surface area contributed by atoms with Crippen molar-refractivity contribution in [3.63, 3.8) is 0 Å². The highest BCUT2D eigenvalue weighted by Crippen LogP contribution is 2.54. The molecule has 1 saturated carbocycles. The van der Waals surface area contributed by atoms with Gasteiger partial charge in [-0.2, -0.15) is 0 Å². The van der Waals surface area contributed by atoms with Crippen molar-refractivity contribution in [2.75, 3.05) is 7.11 Å². The Bertz CT molecular complexity index is 1400. The van der Waals surface area contributed by atoms with Crippen LogP contribution in [-0.2, 0) is 4.74 Å². The molecule has 1 nitrogen and oxygen atoms in total. The molecular formula is C37H36OP2. The molecule has 0 spiro atoms. The van der Waals surface area contributed by atoms with E-state index in [9.17, 15) is 0 Å². The van der Waals surface area contributed by atoms with Gasteiger partial charge in [0.1, 0.15) is 0 Å². The average Bonchev–Trinajstić information content (AvgIpc) is 3.50. The molecule has 0 saturated heterocycles. The number of benzene rings is 5. The van der Waals surface area contributed by atoms with Gasteiger partial charge in [-0.15, -0.1) is 0 Å². The topological polar surface area (TPSA) is 9.23 Å². The summed E-state index contributed by atoms with van der Waals surface area (Å²) in [6.07, 6.45) is 3.75. The molecular weight excluding hydrogens is 522 g/mol. The van der Waals surface area contributed by atoms with Crippen LogP contribution in [0.1, 0.15) is 30.9 Å². The Morgan fingerprint density at radius 1 is 0.550 bits per heavy atom. The standard InChI is InChI=1S/C37H36OP2/c1-38-37(34-26-16-28-36(34)40(31-21-10-4-11-22-31)32-23-12-5-13-24-32)33-25-14-15-27-35(33)39(29-17-6-2-7-18-29)30-19-8-3-9-20-30/h2-15,17-25,27,34,36-37H,16,26,28H2,1H3/t34?,36?,37-/m1/s1. The van der Waals surface area contributed by atoms with E-state index in [4.69, 9.17) is 4.74 Å². The number of ether oxygens (including phenoxy) is 1. The molecule has 2 unspecified atom stereocenters. The molecule has 200 valence electrons. The summed E-state index contributed by atoms with van der Waals surface area (Å²) in [6, 6.07) is 53.6. The van der Waals surface area contributed by atoms with Crippen molar-refractivity contribution in [2.24, 2.45) is 5.92 Å². The third kappa shape index (κ3) is 5.70. The summed E-state index contributed by atoms with van der Waals surface area (Å²) in [5, 5.41) is 7.12. The maximum Gasteiger partial charge on any atom is 0.0861 e. The van der Waals surface area contributed by atoms with Crippen LogP contribution in [0.25, 0.3) is 0 Å². The van der Waals surface area contributed by atoms with E-state index in [2.05, 4.69) is 146 Å². The van der Waals surface area contributed by atoms with E-state index in [1.54, 1.807) is 0 Å². The molecule has 5 aromatic carbocycles. The van der Waals surface area contributed by atoms with Crippen LogP contribution in [0.4, 0.5) is 0 Å². The molecule has 0 heterocycles. The van der Waals surface area contributed by atoms with Gasteiger partial charge in [-0.05, 0) is 72.3 Å². The summed E-state index contributed by atoms with van der Waals surface area (Å²) >= 11 is 0. The molecule has 0 radical (unpaired) electrons. The highest BCUT2D eigenvalue weighted by atomic mass is 31.1. The van der Waals surface area contributed by atoms with Crippen LogP contribution in [-0.4, -0.2) is 12.8 Å². The molecule has 3 atom stereocenters. The lowest BCUT2D eigenvalue weighted by Gasteiger charge is -2.36. The maximum atomic E-state index is 6.56. The largest absolute Gasteiger partial charge is 0.376 e. The fourth-order valence-electron chi connectivity index (χ4n) is 6.40. The average molecular weight is 559 g/mol. The van der Waals surface area contributed by atoms with Crippen molar-refractivity contribution in [3.8, 4) is 0 Å². The number of methoxy groups -OCH3 is 1. The molecule has 0 N–H and O–H groups in total. The Balaban J connectivity index is 1.44. The smallest absolute Gasteiger partial charge is 0.0861 e. The molecule has 40 heavy (non-hydrogen) atoms. The van der Waals surface area contributed by atoms with Crippen molar-refractivity contribution in [3.05, 3.63) is 151 Å². The SMILES string of the molecule is CO[C@H](c1ccccc1P(c1ccccc1)c1ccccc1)C1CCCC1P(c1ccccc1)c1ccccc1. The predicted octanol–water partition coefficient (Wildman–Crippen LogP) is 7.43. The molecule has 0 amide bonds. The number of hydrogen-bond donors (Lipinski definition) is 0. The van der Waals surface area contributed by atoms with Gasteiger partial charge in [0.2, 0.25) is 0 Å². The van der Waals surface area contributed by atoms with Crippen molar-refractivity contribution < 1.29 is 4.74 Å². The highest BCUT2D eigenvalue weighted by molar-refractivity contribution is 7.80. The third-order valence-electron chi connectivity index (χ3n) is 8.09. The number of hydrogen-bond acceptors (Lipinski definition) is 1. The van der Waals surface area contributed by atoms with E-state index < -0.39 is 15.8 Å². The highest BCUT2D eigenvalue weighted by Gasteiger charge is 2.41. The van der Waals surface area contributed by atoms with Gasteiger partial charge < -0.3 is 4.74 Å². The van der Waals surface area contributed by atoms with Crippen molar-refractivity contribution in [2.45, 2.75) is 31.0 Å². The number of rotatable bonds is 9. The molecule has 5 aromatic rings. The third-order valence-corrected chi connectivity index (χ3v) is 13.6. The zero-order chi connectivity index (χ0) is 27.1. The van der Waals surface area contributed by atoms with E-state index in [1.165, 1.54) is 51.3 Å². The Labute approximate surface area is 241 Å². The second kappa shape index (κ2) is 13.1. The first-order valence-corrected chi connectivity index (χ1v) is 17.0. The minimum absolute atomic E-state index is 0.0542. The minimum atomic E-state index is -0.711. The fraction of sp³-hybridized carbons (Fsp3) is 0.189. The van der Waals surface area contributed by atoms with Gasteiger partial charge >= 0.3 is 0 Å². The lowest BCUT2D eigenvalue weighted by atomic mass is 9.94. The second-order valence-electron chi connectivity index (χ2n) is 10.4. The minimum Gasteiger partial charge on any atom is -0.376 e. The Hall–Kier alpha value is -3.08. The monoisotopic (exact) mass is 558 g/mol.